The molecular weight excluding hydrogens is 114 g/mol. The molecule has 0 spiro atoms. The molecule has 1 rings (SSSR count). The Labute approximate surface area is 56.1 Å². The topological polar surface area (TPSA) is 25.2 Å². The second-order valence-electron chi connectivity index (χ2n) is 1.86. The van der Waals surface area contributed by atoms with Crippen molar-refractivity contribution in [3.8, 4) is 0 Å². The smallest absolute Gasteiger partial charge is 0.129 e. The number of nitrogens with zero attached hydrogens (tertiary/aromatic N) is 1. The molecule has 0 aliphatic rings. The predicted octanol–water partition coefficient (Wildman–Crippen LogP) is 1.39. The fourth-order valence-corrected chi connectivity index (χ4v) is 0.689. The molecule has 50 valence electrons. The fourth-order valence-electron chi connectivity index (χ4n) is 0.689. The molecule has 0 aromatic carbocycles. The molecule has 0 aliphatic heterocycles. The molecule has 1 unspecified atom stereocenters. The van der Waals surface area contributed by atoms with Gasteiger partial charge in [0.15, 0.2) is 0 Å². The van der Waals surface area contributed by atoms with Crippen LogP contribution in [0.15, 0.2) is 24.5 Å². The summed E-state index contributed by atoms with van der Waals surface area (Å²) in [5.74, 6) is 0. The van der Waals surface area contributed by atoms with Gasteiger partial charge in [0, 0.05) is 12.4 Å². The van der Waals surface area contributed by atoms with Crippen molar-refractivity contribution in [2.45, 2.75) is 19.5 Å². The van der Waals surface area contributed by atoms with E-state index < -0.39 is 6.20 Å². The lowest BCUT2D eigenvalue weighted by molar-refractivity contribution is 0.100. The Bertz CT molecular complexity index is 193. The van der Waals surface area contributed by atoms with Gasteiger partial charge in [0.25, 0.3) is 0 Å². The lowest BCUT2D eigenvalue weighted by Gasteiger charge is -2.07. The maximum Gasteiger partial charge on any atom is 0.129 e. The van der Waals surface area contributed by atoms with E-state index in [9.17, 15) is 5.11 Å². The highest BCUT2D eigenvalue weighted by atomic mass is 16.3. The van der Waals surface area contributed by atoms with Gasteiger partial charge in [-0.3, -0.25) is 0 Å². The average molecular weight is 126 g/mol. The second kappa shape index (κ2) is 2.69. The first-order valence-electron chi connectivity index (χ1n) is 3.52. The van der Waals surface area contributed by atoms with Crippen molar-refractivity contribution in [3.63, 3.8) is 0 Å². The molecule has 9 heavy (non-hydrogen) atoms. The van der Waals surface area contributed by atoms with Gasteiger partial charge in [-0.15, -0.1) is 0 Å². The molecule has 2 heteroatoms. The number of hydrogen-bond donors (Lipinski definition) is 1. The molecule has 1 heterocycles. The minimum absolute atomic E-state index is 0.391. The van der Waals surface area contributed by atoms with Crippen LogP contribution in [0, 0.1) is 0 Å². The summed E-state index contributed by atoms with van der Waals surface area (Å²) in [7, 11) is 0. The lowest BCUT2D eigenvalue weighted by Crippen LogP contribution is -2.02. The molecule has 2 nitrogen and oxygen atoms in total. The van der Waals surface area contributed by atoms with E-state index in [-0.39, 0.29) is 0 Å². The van der Waals surface area contributed by atoms with E-state index in [1.807, 2.05) is 0 Å². The SMILES string of the molecule is [2H]C(O)(CC)n1cccc1. The Balaban J connectivity index is 2.85. The van der Waals surface area contributed by atoms with Gasteiger partial charge >= 0.3 is 0 Å². The van der Waals surface area contributed by atoms with Gasteiger partial charge in [-0.2, -0.15) is 0 Å². The monoisotopic (exact) mass is 126 g/mol. The van der Waals surface area contributed by atoms with Gasteiger partial charge in [0.2, 0.25) is 0 Å². The van der Waals surface area contributed by atoms with E-state index in [0.29, 0.717) is 6.42 Å². The molecule has 0 fully saturated rings. The summed E-state index contributed by atoms with van der Waals surface area (Å²) >= 11 is 0. The number of hydrogen-bond acceptors (Lipinski definition) is 1. The summed E-state index contributed by atoms with van der Waals surface area (Å²) in [4.78, 5) is 0. The zero-order valence-electron chi connectivity index (χ0n) is 6.41. The molecule has 1 aromatic rings. The summed E-state index contributed by atoms with van der Waals surface area (Å²) in [6.07, 6.45) is 2.28. The Morgan fingerprint density at radius 2 is 2.22 bits per heavy atom. The highest BCUT2D eigenvalue weighted by Crippen LogP contribution is 2.05. The van der Waals surface area contributed by atoms with Crippen LogP contribution in [0.25, 0.3) is 0 Å². The fraction of sp³-hybridized carbons (Fsp3) is 0.429. The molecule has 1 atom stereocenters. The van der Waals surface area contributed by atoms with Gasteiger partial charge in [0.05, 0.1) is 1.37 Å². The normalized spacial score (nSPS) is 18.7. The number of aromatic nitrogens is 1. The maximum atomic E-state index is 9.31. The van der Waals surface area contributed by atoms with Crippen LogP contribution in [0.4, 0.5) is 0 Å². The van der Waals surface area contributed by atoms with Crippen molar-refractivity contribution in [1.82, 2.24) is 4.57 Å². The Morgan fingerprint density at radius 1 is 1.67 bits per heavy atom. The molecule has 0 bridgehead atoms. The first-order valence-corrected chi connectivity index (χ1v) is 3.02. The molecular formula is C7H11NO. The quantitative estimate of drug-likeness (QED) is 0.636. The average Bonchev–Trinajstić information content (AvgIpc) is 2.38. The van der Waals surface area contributed by atoms with Gasteiger partial charge in [-0.25, -0.2) is 0 Å². The van der Waals surface area contributed by atoms with E-state index in [1.54, 1.807) is 31.5 Å². The lowest BCUT2D eigenvalue weighted by atomic mass is 10.4. The van der Waals surface area contributed by atoms with Crippen molar-refractivity contribution >= 4 is 0 Å². The third kappa shape index (κ3) is 1.33. The molecule has 0 saturated heterocycles. The summed E-state index contributed by atoms with van der Waals surface area (Å²) in [6, 6.07) is 3.57. The molecule has 0 aliphatic carbocycles. The third-order valence-electron chi connectivity index (χ3n) is 1.22. The Kier molecular flexibility index (Phi) is 1.51. The van der Waals surface area contributed by atoms with Crippen LogP contribution in [-0.2, 0) is 0 Å². The summed E-state index contributed by atoms with van der Waals surface area (Å²) in [5, 5.41) is 9.31. The second-order valence-corrected chi connectivity index (χ2v) is 1.86. The maximum absolute atomic E-state index is 9.31. The molecule has 0 radical (unpaired) electrons. The molecule has 1 N–H and O–H groups in total. The summed E-state index contributed by atoms with van der Waals surface area (Å²) < 4.78 is 8.82. The third-order valence-corrected chi connectivity index (χ3v) is 1.22. The minimum atomic E-state index is -1.47. The standard InChI is InChI=1S/C7H11NO/c1-2-7(9)8-5-3-4-6-8/h3-7,9H,2H2,1H3/i7D. The molecule has 1 aromatic heterocycles. The van der Waals surface area contributed by atoms with E-state index in [2.05, 4.69) is 0 Å². The van der Waals surface area contributed by atoms with Gasteiger partial charge in [-0.05, 0) is 18.6 Å². The van der Waals surface area contributed by atoms with Crippen LogP contribution in [0.2, 0.25) is 0 Å². The van der Waals surface area contributed by atoms with Crippen LogP contribution in [0.3, 0.4) is 0 Å². The van der Waals surface area contributed by atoms with Crippen molar-refractivity contribution < 1.29 is 6.48 Å². The number of aliphatic hydroxyl groups is 1. The van der Waals surface area contributed by atoms with E-state index in [0.717, 1.165) is 0 Å². The minimum Gasteiger partial charge on any atom is -0.373 e. The van der Waals surface area contributed by atoms with Gasteiger partial charge in [0.1, 0.15) is 6.20 Å². The van der Waals surface area contributed by atoms with Crippen molar-refractivity contribution in [3.05, 3.63) is 24.5 Å². The van der Waals surface area contributed by atoms with Crippen LogP contribution in [-0.4, -0.2) is 9.67 Å². The zero-order valence-corrected chi connectivity index (χ0v) is 5.41. The zero-order chi connectivity index (χ0) is 7.61. The van der Waals surface area contributed by atoms with E-state index in [1.165, 1.54) is 4.57 Å². The van der Waals surface area contributed by atoms with Crippen LogP contribution < -0.4 is 0 Å². The van der Waals surface area contributed by atoms with Crippen LogP contribution >= 0.6 is 0 Å². The number of rotatable bonds is 2. The molecule has 0 amide bonds. The van der Waals surface area contributed by atoms with Crippen molar-refractivity contribution in [2.75, 3.05) is 0 Å². The van der Waals surface area contributed by atoms with E-state index in [4.69, 9.17) is 1.37 Å². The Morgan fingerprint density at radius 3 is 2.67 bits per heavy atom. The van der Waals surface area contributed by atoms with Gasteiger partial charge in [-0.1, -0.05) is 6.92 Å². The summed E-state index contributed by atoms with van der Waals surface area (Å²) in [5.41, 5.74) is 0. The van der Waals surface area contributed by atoms with Crippen LogP contribution in [0.1, 0.15) is 20.9 Å². The largest absolute Gasteiger partial charge is 0.373 e. The van der Waals surface area contributed by atoms with Crippen molar-refractivity contribution in [2.24, 2.45) is 0 Å². The Hall–Kier alpha value is -0.760. The first kappa shape index (κ1) is 5.06. The first-order chi connectivity index (χ1) is 4.67. The molecule has 0 saturated carbocycles. The van der Waals surface area contributed by atoms with Gasteiger partial charge < -0.3 is 9.67 Å². The van der Waals surface area contributed by atoms with E-state index >= 15 is 0 Å². The van der Waals surface area contributed by atoms with Crippen LogP contribution in [0.5, 0.6) is 0 Å². The highest BCUT2D eigenvalue weighted by molar-refractivity contribution is 4.91. The predicted molar refractivity (Wildman–Crippen MR) is 36.0 cm³/mol. The summed E-state index contributed by atoms with van der Waals surface area (Å²) in [6.45, 7) is 1.77. The highest BCUT2D eigenvalue weighted by Gasteiger charge is 1.97. The van der Waals surface area contributed by atoms with Crippen molar-refractivity contribution in [1.29, 1.82) is 0 Å².